The fraction of sp³-hybridized carbons (Fsp3) is 0.273. The van der Waals surface area contributed by atoms with Gasteiger partial charge < -0.3 is 9.47 Å². The van der Waals surface area contributed by atoms with Gasteiger partial charge in [-0.3, -0.25) is 5.41 Å². The van der Waals surface area contributed by atoms with Crippen molar-refractivity contribution in [1.29, 1.82) is 21.2 Å². The average Bonchev–Trinajstić information content (AvgIpc) is 2.99. The molecule has 0 aliphatic carbocycles. The third kappa shape index (κ3) is 2.51. The third-order valence-electron chi connectivity index (χ3n) is 6.42. The summed E-state index contributed by atoms with van der Waals surface area (Å²) < 4.78 is 83.6. The topological polar surface area (TPSA) is 114 Å². The van der Waals surface area contributed by atoms with Gasteiger partial charge in [-0.1, -0.05) is 35.0 Å². The van der Waals surface area contributed by atoms with Gasteiger partial charge in [0.2, 0.25) is 22.9 Å². The van der Waals surface area contributed by atoms with Crippen LogP contribution in [0.25, 0.3) is 0 Å². The Morgan fingerprint density at radius 2 is 1.38 bits per heavy atom. The molecular weight excluding hydrogens is 527 g/mol. The molecule has 0 amide bonds. The van der Waals surface area contributed by atoms with Gasteiger partial charge in [0, 0.05) is 10.0 Å². The molecule has 34 heavy (non-hydrogen) atoms. The highest BCUT2D eigenvalue weighted by Gasteiger charge is 2.80. The van der Waals surface area contributed by atoms with Gasteiger partial charge in [-0.25, -0.2) is 22.0 Å². The maximum Gasteiger partial charge on any atom is 0.244 e. The van der Waals surface area contributed by atoms with E-state index in [1.54, 1.807) is 6.07 Å². The zero-order valence-corrected chi connectivity index (χ0v) is 18.5. The number of hydrogen-bond donors (Lipinski definition) is 1. The minimum absolute atomic E-state index is 0.114. The Balaban J connectivity index is 2.13. The Morgan fingerprint density at radius 1 is 0.882 bits per heavy atom. The van der Waals surface area contributed by atoms with Gasteiger partial charge in [-0.2, -0.15) is 15.8 Å². The fourth-order valence-electron chi connectivity index (χ4n) is 4.66. The molecule has 2 saturated heterocycles. The van der Waals surface area contributed by atoms with E-state index in [-0.39, 0.29) is 5.56 Å². The molecule has 2 fully saturated rings. The van der Waals surface area contributed by atoms with Crippen molar-refractivity contribution in [3.63, 3.8) is 0 Å². The maximum atomic E-state index is 14.9. The first-order valence-electron chi connectivity index (χ1n) is 9.46. The summed E-state index contributed by atoms with van der Waals surface area (Å²) in [5.41, 5.74) is -6.92. The lowest BCUT2D eigenvalue weighted by Gasteiger charge is -2.48. The second-order valence-corrected chi connectivity index (χ2v) is 8.68. The van der Waals surface area contributed by atoms with Crippen LogP contribution in [0.4, 0.5) is 22.0 Å². The molecule has 4 atom stereocenters. The number of nitrogens with one attached hydrogen (secondary N) is 1. The number of rotatable bonds is 2. The van der Waals surface area contributed by atoms with Gasteiger partial charge in [0.1, 0.15) is 6.10 Å². The highest BCUT2D eigenvalue weighted by atomic mass is 79.9. The van der Waals surface area contributed by atoms with E-state index in [4.69, 9.17) is 14.9 Å². The van der Waals surface area contributed by atoms with Crippen molar-refractivity contribution in [3.8, 4) is 18.2 Å². The van der Waals surface area contributed by atoms with Gasteiger partial charge in [-0.05, 0) is 12.1 Å². The SMILES string of the molecule is CC1C2(c3ccc(Br)cc3)OC(=N)C1(C#N)C(C#N)(C#N)C(c1c(F)c(F)c(F)c(F)c1F)O2. The Labute approximate surface area is 197 Å². The van der Waals surface area contributed by atoms with E-state index < -0.39 is 69.2 Å². The van der Waals surface area contributed by atoms with E-state index in [9.17, 15) is 37.7 Å². The lowest BCUT2D eigenvalue weighted by atomic mass is 9.53. The lowest BCUT2D eigenvalue weighted by molar-refractivity contribution is -0.289. The normalized spacial score (nSPS) is 29.0. The van der Waals surface area contributed by atoms with E-state index >= 15 is 0 Å². The van der Waals surface area contributed by atoms with Crippen LogP contribution in [0.1, 0.15) is 24.2 Å². The third-order valence-corrected chi connectivity index (χ3v) is 6.95. The molecule has 0 saturated carbocycles. The molecule has 2 bridgehead atoms. The molecule has 2 aromatic rings. The van der Waals surface area contributed by atoms with Gasteiger partial charge in [-0.15, -0.1) is 0 Å². The first-order valence-corrected chi connectivity index (χ1v) is 10.2. The van der Waals surface area contributed by atoms with Crippen LogP contribution in [0.15, 0.2) is 28.7 Å². The van der Waals surface area contributed by atoms with Crippen molar-refractivity contribution in [2.75, 3.05) is 0 Å². The van der Waals surface area contributed by atoms with Crippen molar-refractivity contribution >= 4 is 21.8 Å². The Hall–Kier alpha value is -3.53. The quantitative estimate of drug-likeness (QED) is 0.319. The predicted molar refractivity (Wildman–Crippen MR) is 106 cm³/mol. The molecule has 2 aliphatic rings. The van der Waals surface area contributed by atoms with Crippen molar-refractivity contribution in [2.24, 2.45) is 16.7 Å². The molecular formula is C22H10BrF5N4O2. The van der Waals surface area contributed by atoms with Gasteiger partial charge in [0.15, 0.2) is 28.7 Å². The molecule has 1 N–H and O–H groups in total. The van der Waals surface area contributed by atoms with Crippen LogP contribution in [0, 0.1) is 85.2 Å². The molecule has 2 aliphatic heterocycles. The number of fused-ring (bicyclic) bond motifs is 2. The summed E-state index contributed by atoms with van der Waals surface area (Å²) in [6.07, 6.45) is -2.51. The summed E-state index contributed by atoms with van der Waals surface area (Å²) >= 11 is 3.22. The minimum atomic E-state index is -2.92. The highest BCUT2D eigenvalue weighted by Crippen LogP contribution is 2.69. The molecule has 0 radical (unpaired) electrons. The predicted octanol–water partition coefficient (Wildman–Crippen LogP) is 5.26. The van der Waals surface area contributed by atoms with E-state index in [2.05, 4.69) is 15.9 Å². The molecule has 2 aromatic carbocycles. The number of ether oxygens (including phenoxy) is 2. The van der Waals surface area contributed by atoms with E-state index in [1.807, 2.05) is 0 Å². The summed E-state index contributed by atoms with van der Waals surface area (Å²) in [6.45, 7) is 1.32. The molecule has 12 heteroatoms. The Bertz CT molecular complexity index is 1340. The van der Waals surface area contributed by atoms with Crippen molar-refractivity contribution in [1.82, 2.24) is 0 Å². The van der Waals surface area contributed by atoms with Crippen molar-refractivity contribution in [2.45, 2.75) is 18.8 Å². The van der Waals surface area contributed by atoms with Crippen LogP contribution in [-0.4, -0.2) is 5.90 Å². The van der Waals surface area contributed by atoms with Crippen molar-refractivity contribution in [3.05, 3.63) is 69.0 Å². The molecule has 0 spiro atoms. The van der Waals surface area contributed by atoms with Crippen LogP contribution in [-0.2, 0) is 15.3 Å². The number of nitrogens with zero attached hydrogens (tertiary/aromatic N) is 3. The highest BCUT2D eigenvalue weighted by molar-refractivity contribution is 9.10. The molecule has 0 aromatic heterocycles. The largest absolute Gasteiger partial charge is 0.443 e. The van der Waals surface area contributed by atoms with Crippen LogP contribution in [0.3, 0.4) is 0 Å². The number of hydrogen-bond acceptors (Lipinski definition) is 6. The maximum absolute atomic E-state index is 14.9. The fourth-order valence-corrected chi connectivity index (χ4v) is 4.92. The summed E-state index contributed by atoms with van der Waals surface area (Å²) in [7, 11) is 0. The first kappa shape index (κ1) is 23.6. The first-order chi connectivity index (χ1) is 16.0. The molecule has 4 unspecified atom stereocenters. The number of nitriles is 3. The monoisotopic (exact) mass is 536 g/mol. The van der Waals surface area contributed by atoms with E-state index in [1.165, 1.54) is 43.3 Å². The van der Waals surface area contributed by atoms with Crippen LogP contribution < -0.4 is 0 Å². The lowest BCUT2D eigenvalue weighted by Crippen LogP contribution is -2.57. The summed E-state index contributed by atoms with van der Waals surface area (Å²) in [5, 5.41) is 38.6. The van der Waals surface area contributed by atoms with Crippen LogP contribution in [0.5, 0.6) is 0 Å². The van der Waals surface area contributed by atoms with Crippen LogP contribution in [0.2, 0.25) is 0 Å². The molecule has 172 valence electrons. The van der Waals surface area contributed by atoms with E-state index in [0.717, 1.165) is 0 Å². The minimum Gasteiger partial charge on any atom is -0.443 e. The summed E-state index contributed by atoms with van der Waals surface area (Å²) in [6, 6.07) is 10.5. The summed E-state index contributed by atoms with van der Waals surface area (Å²) in [4.78, 5) is 0. The molecule has 4 rings (SSSR count). The zero-order chi connectivity index (χ0) is 25.2. The van der Waals surface area contributed by atoms with E-state index in [0.29, 0.717) is 4.47 Å². The smallest absolute Gasteiger partial charge is 0.244 e. The van der Waals surface area contributed by atoms with Gasteiger partial charge >= 0.3 is 0 Å². The Morgan fingerprint density at radius 3 is 1.85 bits per heavy atom. The van der Waals surface area contributed by atoms with Gasteiger partial charge in [0.05, 0.1) is 29.7 Å². The molecule has 2 heterocycles. The standard InChI is InChI=1S/C22H10BrF5N4O2/c1-9-21(8-31)19(32)34-22(9,10-2-4-11(23)5-3-10)33-18(20(21,6-29)7-30)12-13(24)15(26)17(28)16(27)14(12)25/h2-5,9,18,32H,1H3. The number of benzene rings is 2. The number of halogens is 6. The Kier molecular flexibility index (Phi) is 5.20. The second kappa shape index (κ2) is 7.49. The van der Waals surface area contributed by atoms with Gasteiger partial charge in [0.25, 0.3) is 0 Å². The zero-order valence-electron chi connectivity index (χ0n) is 16.9. The average molecular weight is 537 g/mol. The molecule has 6 nitrogen and oxygen atoms in total. The van der Waals surface area contributed by atoms with Crippen molar-refractivity contribution < 1.29 is 31.4 Å². The van der Waals surface area contributed by atoms with Crippen LogP contribution >= 0.6 is 15.9 Å². The summed E-state index contributed by atoms with van der Waals surface area (Å²) in [5.74, 6) is -16.2. The second-order valence-electron chi connectivity index (χ2n) is 7.76.